The molecule has 0 spiro atoms. The van der Waals surface area contributed by atoms with Crippen LogP contribution in [0.5, 0.6) is 0 Å². The molecule has 1 saturated heterocycles. The van der Waals surface area contributed by atoms with Gasteiger partial charge in [0.2, 0.25) is 0 Å². The van der Waals surface area contributed by atoms with Crippen LogP contribution >= 0.6 is 12.2 Å². The number of allylic oxidation sites excluding steroid dienone is 2. The van der Waals surface area contributed by atoms with Crippen molar-refractivity contribution in [2.24, 2.45) is 0 Å². The standard InChI is InChI=1S/C16H11N3O4S/c1-9-5-13(20)11(15(22)23-9)8-19-14(21)12(18-16(19)24)6-10-3-2-4-17-7-10/h2-8H,1H3,(H,18,24)/b11-8-,12-6+. The van der Waals surface area contributed by atoms with E-state index in [-0.39, 0.29) is 22.1 Å². The maximum absolute atomic E-state index is 12.4. The molecule has 0 aromatic carbocycles. The minimum Gasteiger partial charge on any atom is -0.427 e. The maximum atomic E-state index is 12.4. The molecular weight excluding hydrogens is 330 g/mol. The Labute approximate surface area is 142 Å². The first-order chi connectivity index (χ1) is 11.5. The fraction of sp³-hybridized carbons (Fsp3) is 0.0625. The fourth-order valence-electron chi connectivity index (χ4n) is 2.13. The molecule has 0 bridgehead atoms. The summed E-state index contributed by atoms with van der Waals surface area (Å²) >= 11 is 5.09. The highest BCUT2D eigenvalue weighted by atomic mass is 32.1. The van der Waals surface area contributed by atoms with E-state index in [2.05, 4.69) is 10.3 Å². The lowest BCUT2D eigenvalue weighted by molar-refractivity contribution is -0.137. The lowest BCUT2D eigenvalue weighted by Gasteiger charge is -2.14. The SMILES string of the molecule is CC1=CC(=O)/C(=C/N2C(=O)/C(=C\c3cccnc3)NC2=S)C(=O)O1. The van der Waals surface area contributed by atoms with Crippen LogP contribution in [0.4, 0.5) is 0 Å². The van der Waals surface area contributed by atoms with Gasteiger partial charge in [-0.05, 0) is 36.8 Å². The van der Waals surface area contributed by atoms with Gasteiger partial charge in [-0.3, -0.25) is 19.5 Å². The van der Waals surface area contributed by atoms with Crippen LogP contribution in [0.3, 0.4) is 0 Å². The molecule has 3 heterocycles. The van der Waals surface area contributed by atoms with Gasteiger partial charge in [0.25, 0.3) is 5.91 Å². The monoisotopic (exact) mass is 341 g/mol. The molecule has 1 aromatic rings. The Morgan fingerprint density at radius 1 is 1.33 bits per heavy atom. The van der Waals surface area contributed by atoms with E-state index in [1.165, 1.54) is 13.0 Å². The Morgan fingerprint density at radius 3 is 2.79 bits per heavy atom. The van der Waals surface area contributed by atoms with E-state index >= 15 is 0 Å². The summed E-state index contributed by atoms with van der Waals surface area (Å²) < 4.78 is 4.88. The topological polar surface area (TPSA) is 88.6 Å². The molecule has 1 aromatic heterocycles. The molecule has 0 radical (unpaired) electrons. The van der Waals surface area contributed by atoms with Crippen LogP contribution in [0, 0.1) is 0 Å². The van der Waals surface area contributed by atoms with Crippen molar-refractivity contribution in [1.29, 1.82) is 0 Å². The highest BCUT2D eigenvalue weighted by Gasteiger charge is 2.33. The molecule has 0 unspecified atom stereocenters. The molecule has 2 aliphatic rings. The van der Waals surface area contributed by atoms with Gasteiger partial charge in [0.15, 0.2) is 10.9 Å². The van der Waals surface area contributed by atoms with E-state index < -0.39 is 17.7 Å². The molecule has 8 heteroatoms. The minimum atomic E-state index is -0.819. The van der Waals surface area contributed by atoms with Crippen molar-refractivity contribution in [1.82, 2.24) is 15.2 Å². The largest absolute Gasteiger partial charge is 0.427 e. The second kappa shape index (κ2) is 6.17. The number of rotatable bonds is 2. The summed E-state index contributed by atoms with van der Waals surface area (Å²) in [4.78, 5) is 41.2. The Bertz CT molecular complexity index is 855. The van der Waals surface area contributed by atoms with Crippen LogP contribution in [-0.4, -0.2) is 32.7 Å². The number of aromatic nitrogens is 1. The van der Waals surface area contributed by atoms with Crippen molar-refractivity contribution in [2.75, 3.05) is 0 Å². The van der Waals surface area contributed by atoms with Gasteiger partial charge in [0.1, 0.15) is 17.0 Å². The molecule has 7 nitrogen and oxygen atoms in total. The van der Waals surface area contributed by atoms with E-state index in [0.717, 1.165) is 11.1 Å². The molecule has 0 saturated carbocycles. The van der Waals surface area contributed by atoms with Gasteiger partial charge in [-0.1, -0.05) is 6.07 Å². The first kappa shape index (κ1) is 15.8. The number of carbonyl (C=O) groups excluding carboxylic acids is 3. The summed E-state index contributed by atoms with van der Waals surface area (Å²) in [6.45, 7) is 1.49. The normalized spacial score (nSPS) is 21.2. The number of pyridine rings is 1. The summed E-state index contributed by atoms with van der Waals surface area (Å²) in [5.74, 6) is -1.64. The van der Waals surface area contributed by atoms with Crippen molar-refractivity contribution < 1.29 is 19.1 Å². The van der Waals surface area contributed by atoms with Crippen LogP contribution < -0.4 is 5.32 Å². The number of thiocarbonyl (C=S) groups is 1. The van der Waals surface area contributed by atoms with Crippen molar-refractivity contribution in [3.8, 4) is 0 Å². The molecular formula is C16H11N3O4S. The van der Waals surface area contributed by atoms with Crippen LogP contribution in [0.1, 0.15) is 12.5 Å². The quantitative estimate of drug-likeness (QED) is 0.372. The molecule has 2 aliphatic heterocycles. The van der Waals surface area contributed by atoms with E-state index in [1.54, 1.807) is 30.6 Å². The van der Waals surface area contributed by atoms with Gasteiger partial charge in [0.05, 0.1) is 0 Å². The van der Waals surface area contributed by atoms with Gasteiger partial charge in [-0.25, -0.2) is 4.79 Å². The van der Waals surface area contributed by atoms with Crippen LogP contribution in [-0.2, 0) is 19.1 Å². The molecule has 3 rings (SSSR count). The average molecular weight is 341 g/mol. The summed E-state index contributed by atoms with van der Waals surface area (Å²) in [5.41, 5.74) is 0.659. The average Bonchev–Trinajstić information content (AvgIpc) is 2.78. The third kappa shape index (κ3) is 2.99. The number of nitrogens with one attached hydrogen (secondary N) is 1. The highest BCUT2D eigenvalue weighted by Crippen LogP contribution is 2.19. The molecule has 24 heavy (non-hydrogen) atoms. The number of hydrogen-bond donors (Lipinski definition) is 1. The maximum Gasteiger partial charge on any atom is 0.348 e. The third-order valence-electron chi connectivity index (χ3n) is 3.24. The van der Waals surface area contributed by atoms with Crippen molar-refractivity contribution in [2.45, 2.75) is 6.92 Å². The molecule has 0 atom stereocenters. The predicted octanol–water partition coefficient (Wildman–Crippen LogP) is 1.05. The van der Waals surface area contributed by atoms with E-state index in [1.807, 2.05) is 0 Å². The van der Waals surface area contributed by atoms with Gasteiger partial charge >= 0.3 is 5.97 Å². The summed E-state index contributed by atoms with van der Waals surface area (Å²) in [5, 5.41) is 2.81. The lowest BCUT2D eigenvalue weighted by atomic mass is 10.1. The number of hydrogen-bond acceptors (Lipinski definition) is 6. The highest BCUT2D eigenvalue weighted by molar-refractivity contribution is 7.80. The third-order valence-corrected chi connectivity index (χ3v) is 3.54. The second-order valence-electron chi connectivity index (χ2n) is 5.00. The van der Waals surface area contributed by atoms with Crippen molar-refractivity contribution in [3.05, 3.63) is 59.4 Å². The smallest absolute Gasteiger partial charge is 0.348 e. The summed E-state index contributed by atoms with van der Waals surface area (Å²) in [7, 11) is 0. The van der Waals surface area contributed by atoms with Gasteiger partial charge in [0, 0.05) is 24.7 Å². The number of esters is 1. The zero-order valence-electron chi connectivity index (χ0n) is 12.5. The molecule has 0 aliphatic carbocycles. The Balaban J connectivity index is 1.91. The molecule has 1 amide bonds. The van der Waals surface area contributed by atoms with Gasteiger partial charge in [-0.2, -0.15) is 0 Å². The van der Waals surface area contributed by atoms with Crippen molar-refractivity contribution >= 4 is 41.1 Å². The van der Waals surface area contributed by atoms with Crippen LogP contribution in [0.2, 0.25) is 0 Å². The first-order valence-electron chi connectivity index (χ1n) is 6.88. The zero-order chi connectivity index (χ0) is 17.3. The Morgan fingerprint density at radius 2 is 2.12 bits per heavy atom. The number of cyclic esters (lactones) is 1. The number of nitrogens with zero attached hydrogens (tertiary/aromatic N) is 2. The zero-order valence-corrected chi connectivity index (χ0v) is 13.3. The summed E-state index contributed by atoms with van der Waals surface area (Å²) in [6, 6.07) is 3.50. The van der Waals surface area contributed by atoms with E-state index in [9.17, 15) is 14.4 Å². The van der Waals surface area contributed by atoms with Gasteiger partial charge in [-0.15, -0.1) is 0 Å². The lowest BCUT2D eigenvalue weighted by Crippen LogP contribution is -2.29. The number of amides is 1. The molecule has 1 fully saturated rings. The van der Waals surface area contributed by atoms with Gasteiger partial charge < -0.3 is 10.1 Å². The molecule has 120 valence electrons. The minimum absolute atomic E-state index is 0.0644. The number of ketones is 1. The predicted molar refractivity (Wildman–Crippen MR) is 87.7 cm³/mol. The van der Waals surface area contributed by atoms with Crippen LogP contribution in [0.15, 0.2) is 53.8 Å². The Kier molecular flexibility index (Phi) is 4.05. The fourth-order valence-corrected chi connectivity index (χ4v) is 2.38. The first-order valence-corrected chi connectivity index (χ1v) is 7.29. The van der Waals surface area contributed by atoms with E-state index in [4.69, 9.17) is 17.0 Å². The second-order valence-corrected chi connectivity index (χ2v) is 5.39. The number of carbonyl (C=O) groups is 3. The number of ether oxygens (including phenoxy) is 1. The Hall–Kier alpha value is -3.13. The van der Waals surface area contributed by atoms with Crippen molar-refractivity contribution in [3.63, 3.8) is 0 Å². The van der Waals surface area contributed by atoms with Crippen LogP contribution in [0.25, 0.3) is 6.08 Å². The summed E-state index contributed by atoms with van der Waals surface area (Å²) in [6.07, 6.45) is 7.04. The van der Waals surface area contributed by atoms with E-state index in [0.29, 0.717) is 5.56 Å². The molecule has 1 N–H and O–H groups in total.